The third kappa shape index (κ3) is 7.13. The Labute approximate surface area is 72.7 Å². The second-order valence-corrected chi connectivity index (χ2v) is 1.98. The quantitative estimate of drug-likeness (QED) is 0.276. The third-order valence-corrected chi connectivity index (χ3v) is 1.02. The molecule has 5 heteroatoms. The van der Waals surface area contributed by atoms with Gasteiger partial charge in [-0.2, -0.15) is 5.82 Å². The zero-order valence-electron chi connectivity index (χ0n) is 7.09. The fourth-order valence-electron chi connectivity index (χ4n) is 0.512. The van der Waals surface area contributed by atoms with Gasteiger partial charge in [0, 0.05) is 0 Å². The van der Waals surface area contributed by atoms with E-state index in [2.05, 4.69) is 17.1 Å². The number of aliphatic hydroxyl groups is 1. The first kappa shape index (κ1) is 11.0. The lowest BCUT2D eigenvalue weighted by atomic mass is 10.2. The Morgan fingerprint density at radius 2 is 2.42 bits per heavy atom. The number of ether oxygens (including phenoxy) is 1. The number of hydrogen-bond acceptors (Lipinski definition) is 3. The largest absolute Gasteiger partial charge is 0.394 e. The van der Waals surface area contributed by atoms with Crippen LogP contribution in [0.4, 0.5) is 0 Å². The van der Waals surface area contributed by atoms with Crippen LogP contribution in [0.2, 0.25) is 0 Å². The maximum atomic E-state index is 10.8. The highest BCUT2D eigenvalue weighted by molar-refractivity contribution is 6.22. The van der Waals surface area contributed by atoms with Crippen LogP contribution in [0, 0.1) is 11.7 Å². The van der Waals surface area contributed by atoms with Crippen LogP contribution in [-0.4, -0.2) is 45.2 Å². The molecule has 0 saturated carbocycles. The Morgan fingerprint density at radius 3 is 3.00 bits per heavy atom. The lowest BCUT2D eigenvalue weighted by Gasteiger charge is -2.01. The molecule has 0 saturated heterocycles. The first-order valence-corrected chi connectivity index (χ1v) is 3.66. The molecule has 2 N–H and O–H groups in total. The van der Waals surface area contributed by atoms with Crippen molar-refractivity contribution in [2.75, 3.05) is 26.4 Å². The maximum Gasteiger partial charge on any atom is 0.246 e. The zero-order valence-corrected chi connectivity index (χ0v) is 7.09. The van der Waals surface area contributed by atoms with Crippen LogP contribution < -0.4 is 5.32 Å². The molecule has 0 atom stereocenters. The maximum absolute atomic E-state index is 10.8. The minimum absolute atomic E-state index is 0.0219. The van der Waals surface area contributed by atoms with Crippen molar-refractivity contribution < 1.29 is 14.6 Å². The van der Waals surface area contributed by atoms with Crippen LogP contribution in [0.1, 0.15) is 0 Å². The third-order valence-electron chi connectivity index (χ3n) is 1.02. The molecule has 0 aliphatic carbocycles. The average Bonchev–Trinajstić information content (AvgIpc) is 2.06. The number of carbonyl (C=O) groups excluding carboxylic acids is 1. The number of nitrogens with one attached hydrogen (secondary N) is 1. The van der Waals surface area contributed by atoms with Crippen molar-refractivity contribution in [3.05, 3.63) is 0 Å². The van der Waals surface area contributed by atoms with E-state index < -0.39 is 0 Å². The van der Waals surface area contributed by atoms with Gasteiger partial charge in [-0.25, -0.2) is 0 Å². The van der Waals surface area contributed by atoms with E-state index in [0.717, 1.165) is 0 Å². The van der Waals surface area contributed by atoms with Crippen LogP contribution >= 0.6 is 0 Å². The lowest BCUT2D eigenvalue weighted by molar-refractivity contribution is -0.125. The van der Waals surface area contributed by atoms with Crippen molar-refractivity contribution in [2.45, 2.75) is 0 Å². The van der Waals surface area contributed by atoms with E-state index in [-0.39, 0.29) is 25.7 Å². The Kier molecular flexibility index (Phi) is 7.45. The zero-order chi connectivity index (χ0) is 9.23. The molecular weight excluding hydrogens is 157 g/mol. The van der Waals surface area contributed by atoms with Crippen molar-refractivity contribution in [1.29, 1.82) is 0 Å². The molecule has 0 rings (SSSR count). The van der Waals surface area contributed by atoms with E-state index >= 15 is 0 Å². The van der Waals surface area contributed by atoms with Crippen LogP contribution in [0.15, 0.2) is 0 Å². The normalized spacial score (nSPS) is 8.42. The second-order valence-electron chi connectivity index (χ2n) is 1.98. The molecule has 0 aliphatic heterocycles. The van der Waals surface area contributed by atoms with E-state index in [9.17, 15) is 4.79 Å². The monoisotopic (exact) mass is 169 g/mol. The summed E-state index contributed by atoms with van der Waals surface area (Å²) >= 11 is 0. The smallest absolute Gasteiger partial charge is 0.246 e. The summed E-state index contributed by atoms with van der Waals surface area (Å²) in [7, 11) is 1.70. The van der Waals surface area contributed by atoms with Crippen molar-refractivity contribution in [3.63, 3.8) is 0 Å². The van der Waals surface area contributed by atoms with E-state index in [1.807, 2.05) is 0 Å². The highest BCUT2D eigenvalue weighted by Gasteiger charge is 1.97. The van der Waals surface area contributed by atoms with E-state index in [1.54, 1.807) is 7.85 Å². The summed E-state index contributed by atoms with van der Waals surface area (Å²) in [6, 6.07) is 0. The summed E-state index contributed by atoms with van der Waals surface area (Å²) in [6.07, 6.45) is 0. The molecule has 0 unspecified atom stereocenters. The average molecular weight is 169 g/mol. The SMILES string of the molecule is BC#CCNC(=O)COCCO. The van der Waals surface area contributed by atoms with Crippen LogP contribution in [0.25, 0.3) is 0 Å². The predicted octanol–water partition coefficient (Wildman–Crippen LogP) is -2.29. The first-order valence-electron chi connectivity index (χ1n) is 3.66. The standard InChI is InChI=1S/C7H12BNO3/c8-2-1-3-9-7(11)6-12-5-4-10/h10H,3-6,8H2,(H,9,11). The van der Waals surface area contributed by atoms with Crippen molar-refractivity contribution >= 4 is 13.8 Å². The van der Waals surface area contributed by atoms with Crippen molar-refractivity contribution in [2.24, 2.45) is 0 Å². The van der Waals surface area contributed by atoms with Gasteiger partial charge in [0.15, 0.2) is 7.85 Å². The number of amides is 1. The molecule has 12 heavy (non-hydrogen) atoms. The Balaban J connectivity index is 3.25. The fraction of sp³-hybridized carbons (Fsp3) is 0.571. The molecule has 1 amide bonds. The Hall–Kier alpha value is -0.985. The topological polar surface area (TPSA) is 58.6 Å². The molecule has 0 bridgehead atoms. The van der Waals surface area contributed by atoms with Gasteiger partial charge in [-0.1, -0.05) is 5.92 Å². The predicted molar refractivity (Wildman–Crippen MR) is 47.2 cm³/mol. The van der Waals surface area contributed by atoms with Crippen molar-refractivity contribution in [1.82, 2.24) is 5.32 Å². The van der Waals surface area contributed by atoms with Crippen LogP contribution in [0.3, 0.4) is 0 Å². The van der Waals surface area contributed by atoms with Gasteiger partial charge in [-0.05, 0) is 0 Å². The van der Waals surface area contributed by atoms with Crippen molar-refractivity contribution in [3.8, 4) is 11.7 Å². The number of aliphatic hydroxyl groups excluding tert-OH is 1. The Bertz CT molecular complexity index is 185. The number of rotatable bonds is 5. The van der Waals surface area contributed by atoms with Crippen LogP contribution in [-0.2, 0) is 9.53 Å². The minimum Gasteiger partial charge on any atom is -0.394 e. The van der Waals surface area contributed by atoms with Gasteiger partial charge >= 0.3 is 0 Å². The summed E-state index contributed by atoms with van der Waals surface area (Å²) < 4.78 is 4.77. The van der Waals surface area contributed by atoms with Gasteiger partial charge in [0.05, 0.1) is 19.8 Å². The van der Waals surface area contributed by atoms with Gasteiger partial charge in [-0.3, -0.25) is 4.79 Å². The van der Waals surface area contributed by atoms with Gasteiger partial charge in [-0.15, -0.1) is 0 Å². The molecule has 0 aromatic rings. The van der Waals surface area contributed by atoms with Gasteiger partial charge in [0.2, 0.25) is 5.91 Å². The summed E-state index contributed by atoms with van der Waals surface area (Å²) in [5, 5.41) is 10.8. The molecule has 4 nitrogen and oxygen atoms in total. The number of carbonyl (C=O) groups is 1. The molecule has 0 aromatic carbocycles. The lowest BCUT2D eigenvalue weighted by Crippen LogP contribution is -2.28. The van der Waals surface area contributed by atoms with Gasteiger partial charge in [0.25, 0.3) is 0 Å². The molecule has 0 aliphatic rings. The molecule has 0 aromatic heterocycles. The number of hydrogen-bond donors (Lipinski definition) is 2. The summed E-state index contributed by atoms with van der Waals surface area (Å²) in [6.45, 7) is 0.443. The van der Waals surface area contributed by atoms with Gasteiger partial charge < -0.3 is 15.2 Å². The molecule has 0 spiro atoms. The highest BCUT2D eigenvalue weighted by atomic mass is 16.5. The van der Waals surface area contributed by atoms with Gasteiger partial charge in [0.1, 0.15) is 6.61 Å². The fourth-order valence-corrected chi connectivity index (χ4v) is 0.512. The summed E-state index contributed by atoms with van der Waals surface area (Å²) in [4.78, 5) is 10.8. The van der Waals surface area contributed by atoms with E-state index in [4.69, 9.17) is 9.84 Å². The molecule has 0 radical (unpaired) electrons. The minimum atomic E-state index is -0.216. The highest BCUT2D eigenvalue weighted by Crippen LogP contribution is 1.73. The summed E-state index contributed by atoms with van der Waals surface area (Å²) in [5.41, 5.74) is 0. The summed E-state index contributed by atoms with van der Waals surface area (Å²) in [5.74, 6) is 5.11. The first-order chi connectivity index (χ1) is 5.81. The second kappa shape index (κ2) is 8.11. The van der Waals surface area contributed by atoms with Crippen LogP contribution in [0.5, 0.6) is 0 Å². The molecule has 66 valence electrons. The Morgan fingerprint density at radius 1 is 1.67 bits per heavy atom. The van der Waals surface area contributed by atoms with E-state index in [0.29, 0.717) is 6.54 Å². The molecule has 0 heterocycles. The molecule has 0 fully saturated rings. The molecular formula is C7H12BNO3. The van der Waals surface area contributed by atoms with E-state index in [1.165, 1.54) is 0 Å².